The highest BCUT2D eigenvalue weighted by Gasteiger charge is 2.13. The molecule has 3 aromatic heterocycles. The lowest BCUT2D eigenvalue weighted by Crippen LogP contribution is -2.24. The SMILES string of the molecule is CNCc1cc(Oc2ccc3c(ccn3OC(=O)Nc3cc(C)n(C(C)C)n3)c2)ncn1. The van der Waals surface area contributed by atoms with Crippen LogP contribution in [0.25, 0.3) is 10.9 Å². The largest absolute Gasteiger partial charge is 0.439 e. The van der Waals surface area contributed by atoms with E-state index in [9.17, 15) is 4.79 Å². The summed E-state index contributed by atoms with van der Waals surface area (Å²) in [5, 5.41) is 10.9. The molecule has 3 heterocycles. The molecule has 0 radical (unpaired) electrons. The quantitative estimate of drug-likeness (QED) is 0.456. The van der Waals surface area contributed by atoms with Crippen molar-refractivity contribution in [3.05, 3.63) is 60.3 Å². The molecule has 0 saturated carbocycles. The summed E-state index contributed by atoms with van der Waals surface area (Å²) < 4.78 is 9.09. The smallest absolute Gasteiger partial charge is 0.437 e. The van der Waals surface area contributed by atoms with Crippen molar-refractivity contribution in [3.63, 3.8) is 0 Å². The number of rotatable bonds is 7. The van der Waals surface area contributed by atoms with Crippen molar-refractivity contribution in [1.29, 1.82) is 0 Å². The third-order valence-electron chi connectivity index (χ3n) is 4.73. The average molecular weight is 435 g/mol. The highest BCUT2D eigenvalue weighted by atomic mass is 16.7. The van der Waals surface area contributed by atoms with Gasteiger partial charge in [-0.15, -0.1) is 0 Å². The van der Waals surface area contributed by atoms with Crippen LogP contribution < -0.4 is 20.2 Å². The van der Waals surface area contributed by atoms with Crippen LogP contribution >= 0.6 is 0 Å². The normalized spacial score (nSPS) is 11.2. The number of hydrogen-bond acceptors (Lipinski definition) is 7. The Bertz CT molecular complexity index is 1250. The molecular formula is C22H25N7O3. The summed E-state index contributed by atoms with van der Waals surface area (Å²) in [4.78, 5) is 26.1. The molecule has 0 spiro atoms. The number of aromatic nitrogens is 5. The molecule has 4 aromatic rings. The van der Waals surface area contributed by atoms with E-state index < -0.39 is 6.09 Å². The van der Waals surface area contributed by atoms with Gasteiger partial charge in [-0.3, -0.25) is 10.00 Å². The van der Waals surface area contributed by atoms with Gasteiger partial charge in [-0.25, -0.2) is 14.8 Å². The molecule has 4 rings (SSSR count). The molecule has 0 unspecified atom stereocenters. The Labute approximate surface area is 185 Å². The molecule has 1 aromatic carbocycles. The van der Waals surface area contributed by atoms with E-state index in [-0.39, 0.29) is 6.04 Å². The summed E-state index contributed by atoms with van der Waals surface area (Å²) in [6.07, 6.45) is 2.51. The summed E-state index contributed by atoms with van der Waals surface area (Å²) in [6.45, 7) is 6.61. The first-order valence-corrected chi connectivity index (χ1v) is 10.2. The molecule has 0 aliphatic heterocycles. The third-order valence-corrected chi connectivity index (χ3v) is 4.73. The van der Waals surface area contributed by atoms with Crippen LogP contribution in [-0.4, -0.2) is 37.6 Å². The molecule has 10 heteroatoms. The molecule has 1 amide bonds. The Morgan fingerprint density at radius 2 is 2.00 bits per heavy atom. The van der Waals surface area contributed by atoms with Crippen LogP contribution in [-0.2, 0) is 6.54 Å². The number of ether oxygens (including phenoxy) is 1. The molecule has 0 aliphatic carbocycles. The topological polar surface area (TPSA) is 108 Å². The highest BCUT2D eigenvalue weighted by molar-refractivity contribution is 5.86. The summed E-state index contributed by atoms with van der Waals surface area (Å²) in [6, 6.07) is 11.1. The standard InChI is InChI=1S/C22H25N7O3/c1-14(2)29-15(3)9-20(27-29)26-22(30)32-28-8-7-16-10-18(5-6-19(16)28)31-21-11-17(12-23-4)24-13-25-21/h5-11,13-14,23H,12H2,1-4H3,(H,26,27,30). The van der Waals surface area contributed by atoms with E-state index in [0.717, 1.165) is 22.3 Å². The second-order valence-corrected chi connectivity index (χ2v) is 7.56. The Kier molecular flexibility index (Phi) is 6.04. The fourth-order valence-corrected chi connectivity index (χ4v) is 3.36. The van der Waals surface area contributed by atoms with Crippen molar-refractivity contribution in [2.45, 2.75) is 33.4 Å². The number of carbonyl (C=O) groups excluding carboxylic acids is 1. The van der Waals surface area contributed by atoms with Crippen molar-refractivity contribution >= 4 is 22.8 Å². The van der Waals surface area contributed by atoms with Gasteiger partial charge < -0.3 is 14.9 Å². The Morgan fingerprint density at radius 3 is 2.75 bits per heavy atom. The maximum atomic E-state index is 12.4. The van der Waals surface area contributed by atoms with Crippen LogP contribution in [0.3, 0.4) is 0 Å². The fraction of sp³-hybridized carbons (Fsp3) is 0.273. The minimum atomic E-state index is -0.630. The highest BCUT2D eigenvalue weighted by Crippen LogP contribution is 2.25. The zero-order chi connectivity index (χ0) is 22.7. The van der Waals surface area contributed by atoms with Gasteiger partial charge in [0.1, 0.15) is 12.1 Å². The van der Waals surface area contributed by atoms with Crippen molar-refractivity contribution in [2.75, 3.05) is 12.4 Å². The molecule has 0 aliphatic rings. The Morgan fingerprint density at radius 1 is 1.16 bits per heavy atom. The van der Waals surface area contributed by atoms with Crippen LogP contribution in [0.15, 0.2) is 48.9 Å². The molecule has 0 bridgehead atoms. The number of nitrogens with one attached hydrogen (secondary N) is 2. The van der Waals surface area contributed by atoms with Gasteiger partial charge in [0.05, 0.1) is 11.2 Å². The molecule has 166 valence electrons. The van der Waals surface area contributed by atoms with E-state index in [1.54, 1.807) is 24.4 Å². The minimum Gasteiger partial charge on any atom is -0.439 e. The lowest BCUT2D eigenvalue weighted by molar-refractivity contribution is 0.153. The number of fused-ring (bicyclic) bond motifs is 1. The maximum absolute atomic E-state index is 12.4. The molecule has 0 fully saturated rings. The van der Waals surface area contributed by atoms with Gasteiger partial charge in [-0.05, 0) is 52.1 Å². The first-order chi connectivity index (χ1) is 15.4. The predicted molar refractivity (Wildman–Crippen MR) is 120 cm³/mol. The van der Waals surface area contributed by atoms with E-state index in [1.165, 1.54) is 11.1 Å². The van der Waals surface area contributed by atoms with Gasteiger partial charge in [-0.1, -0.05) is 0 Å². The first kappa shape index (κ1) is 21.3. The van der Waals surface area contributed by atoms with E-state index in [2.05, 4.69) is 25.7 Å². The fourth-order valence-electron chi connectivity index (χ4n) is 3.36. The summed E-state index contributed by atoms with van der Waals surface area (Å²) in [7, 11) is 1.85. The van der Waals surface area contributed by atoms with Gasteiger partial charge >= 0.3 is 6.09 Å². The van der Waals surface area contributed by atoms with Gasteiger partial charge in [0.25, 0.3) is 0 Å². The second-order valence-electron chi connectivity index (χ2n) is 7.56. The summed E-state index contributed by atoms with van der Waals surface area (Å²) >= 11 is 0. The van der Waals surface area contributed by atoms with Crippen LogP contribution in [0.2, 0.25) is 0 Å². The van der Waals surface area contributed by atoms with Crippen LogP contribution in [0.4, 0.5) is 10.6 Å². The summed E-state index contributed by atoms with van der Waals surface area (Å²) in [5.74, 6) is 1.51. The monoisotopic (exact) mass is 435 g/mol. The van der Waals surface area contributed by atoms with E-state index in [4.69, 9.17) is 9.57 Å². The maximum Gasteiger partial charge on any atom is 0.437 e. The minimum absolute atomic E-state index is 0.198. The zero-order valence-electron chi connectivity index (χ0n) is 18.4. The van der Waals surface area contributed by atoms with Crippen LogP contribution in [0.1, 0.15) is 31.3 Å². The number of aryl methyl sites for hydroxylation is 1. The summed E-state index contributed by atoms with van der Waals surface area (Å²) in [5.41, 5.74) is 2.50. The predicted octanol–water partition coefficient (Wildman–Crippen LogP) is 3.69. The number of hydrogen-bond donors (Lipinski definition) is 2. The van der Waals surface area contributed by atoms with Crippen molar-refractivity contribution in [3.8, 4) is 11.6 Å². The van der Waals surface area contributed by atoms with Crippen molar-refractivity contribution in [1.82, 2.24) is 29.8 Å². The lowest BCUT2D eigenvalue weighted by atomic mass is 10.2. The molecule has 10 nitrogen and oxygen atoms in total. The van der Waals surface area contributed by atoms with Gasteiger partial charge in [-0.2, -0.15) is 9.83 Å². The molecule has 32 heavy (non-hydrogen) atoms. The second kappa shape index (κ2) is 9.06. The average Bonchev–Trinajstić information content (AvgIpc) is 3.31. The molecular weight excluding hydrogens is 410 g/mol. The third kappa shape index (κ3) is 4.70. The first-order valence-electron chi connectivity index (χ1n) is 10.2. The number of anilines is 1. The van der Waals surface area contributed by atoms with E-state index >= 15 is 0 Å². The number of benzene rings is 1. The molecule has 2 N–H and O–H groups in total. The van der Waals surface area contributed by atoms with E-state index in [1.807, 2.05) is 50.7 Å². The molecule has 0 saturated heterocycles. The number of nitrogens with zero attached hydrogens (tertiary/aromatic N) is 5. The lowest BCUT2D eigenvalue weighted by Gasteiger charge is -2.09. The zero-order valence-corrected chi connectivity index (χ0v) is 18.4. The number of amides is 1. The van der Waals surface area contributed by atoms with Crippen molar-refractivity contribution in [2.24, 2.45) is 0 Å². The Balaban J connectivity index is 1.45. The van der Waals surface area contributed by atoms with Crippen LogP contribution in [0, 0.1) is 6.92 Å². The Hall–Kier alpha value is -3.92. The van der Waals surface area contributed by atoms with Gasteiger partial charge in [0.15, 0.2) is 5.82 Å². The van der Waals surface area contributed by atoms with Gasteiger partial charge in [0, 0.05) is 42.0 Å². The van der Waals surface area contributed by atoms with Gasteiger partial charge in [0.2, 0.25) is 5.88 Å². The van der Waals surface area contributed by atoms with E-state index in [0.29, 0.717) is 24.0 Å². The van der Waals surface area contributed by atoms with Crippen LogP contribution in [0.5, 0.6) is 11.6 Å². The van der Waals surface area contributed by atoms with Crippen molar-refractivity contribution < 1.29 is 14.4 Å². The molecule has 0 atom stereocenters. The number of carbonyl (C=O) groups is 1.